The van der Waals surface area contributed by atoms with Gasteiger partial charge in [-0.25, -0.2) is 0 Å². The number of carbonyl (C=O) groups is 1. The molecule has 28 heavy (non-hydrogen) atoms. The van der Waals surface area contributed by atoms with Crippen molar-refractivity contribution >= 4 is 11.6 Å². The van der Waals surface area contributed by atoms with Crippen molar-refractivity contribution in [1.82, 2.24) is 15.1 Å². The van der Waals surface area contributed by atoms with Gasteiger partial charge in [-0.15, -0.1) is 0 Å². The zero-order valence-electron chi connectivity index (χ0n) is 16.2. The topological polar surface area (TPSA) is 88.9 Å². The Morgan fingerprint density at radius 3 is 3.00 bits per heavy atom. The van der Waals surface area contributed by atoms with Crippen LogP contribution in [-0.2, 0) is 16.1 Å². The van der Waals surface area contributed by atoms with Crippen LogP contribution in [0.2, 0.25) is 0 Å². The van der Waals surface area contributed by atoms with Gasteiger partial charge in [0.1, 0.15) is 24.1 Å². The van der Waals surface area contributed by atoms with Gasteiger partial charge in [0.15, 0.2) is 6.23 Å². The molecule has 2 aliphatic rings. The second kappa shape index (κ2) is 7.90. The summed E-state index contributed by atoms with van der Waals surface area (Å²) in [5.74, 6) is 0.480. The Morgan fingerprint density at radius 1 is 1.39 bits per heavy atom. The van der Waals surface area contributed by atoms with Gasteiger partial charge in [-0.05, 0) is 38.0 Å². The number of aliphatic hydroxyl groups excluding tert-OH is 1. The first-order valence-corrected chi connectivity index (χ1v) is 9.62. The van der Waals surface area contributed by atoms with Gasteiger partial charge in [0.2, 0.25) is 5.91 Å². The fourth-order valence-corrected chi connectivity index (χ4v) is 3.68. The van der Waals surface area contributed by atoms with E-state index in [1.54, 1.807) is 11.9 Å². The highest BCUT2D eigenvalue weighted by atomic mass is 16.5. The molecule has 8 nitrogen and oxygen atoms in total. The Morgan fingerprint density at radius 2 is 2.21 bits per heavy atom. The van der Waals surface area contributed by atoms with E-state index in [-0.39, 0.29) is 18.6 Å². The molecule has 0 bridgehead atoms. The largest absolute Gasteiger partial charge is 0.489 e. The quantitative estimate of drug-likeness (QED) is 0.755. The molecular weight excluding hydrogens is 360 g/mol. The summed E-state index contributed by atoms with van der Waals surface area (Å²) in [6, 6.07) is 8.53. The van der Waals surface area contributed by atoms with Gasteiger partial charge in [0.05, 0.1) is 18.3 Å². The fraction of sp³-hybridized carbons (Fsp3) is 0.500. The minimum absolute atomic E-state index is 0.132. The molecule has 4 rings (SSSR count). The first-order chi connectivity index (χ1) is 13.5. The van der Waals surface area contributed by atoms with E-state index in [0.717, 1.165) is 25.1 Å². The van der Waals surface area contributed by atoms with Crippen LogP contribution < -0.4 is 15.0 Å². The molecule has 1 aromatic carbocycles. The van der Waals surface area contributed by atoms with Gasteiger partial charge in [-0.1, -0.05) is 12.1 Å². The molecule has 1 amide bonds. The Bertz CT molecular complexity index is 846. The first kappa shape index (κ1) is 18.9. The maximum Gasteiger partial charge on any atom is 0.247 e. The second-order valence-electron chi connectivity index (χ2n) is 7.33. The molecule has 0 aliphatic carbocycles. The molecule has 2 N–H and O–H groups in total. The van der Waals surface area contributed by atoms with Crippen molar-refractivity contribution in [2.45, 2.75) is 44.7 Å². The number of aromatic nitrogens is 2. The third-order valence-electron chi connectivity index (χ3n) is 5.30. The van der Waals surface area contributed by atoms with Crippen LogP contribution in [-0.4, -0.2) is 53.2 Å². The minimum Gasteiger partial charge on any atom is -0.489 e. The number of fused-ring (bicyclic) bond motifs is 1. The minimum atomic E-state index is -1.07. The average Bonchev–Trinajstić information content (AvgIpc) is 3.32. The molecule has 0 saturated carbocycles. The molecule has 3 atom stereocenters. The standard InChI is InChI=1S/C20H26N4O4/c1-13-10-15(22-24(13)11-14-6-5-9-27-14)19(25)21-16-12-28-18-8-4-3-7-17(18)23(2)20(16)26/h3-4,7-8,10,14,16,19,21,25H,5-6,9,11-12H2,1-2H3/t14?,16-,19?/m0/s1. The van der Waals surface area contributed by atoms with Crippen LogP contribution in [0, 0.1) is 6.92 Å². The molecule has 1 aromatic heterocycles. The number of hydrogen-bond acceptors (Lipinski definition) is 6. The van der Waals surface area contributed by atoms with Crippen molar-refractivity contribution in [2.24, 2.45) is 0 Å². The lowest BCUT2D eigenvalue weighted by molar-refractivity contribution is -0.121. The summed E-state index contributed by atoms with van der Waals surface area (Å²) < 4.78 is 13.3. The summed E-state index contributed by atoms with van der Waals surface area (Å²) in [4.78, 5) is 14.4. The lowest BCUT2D eigenvalue weighted by atomic mass is 10.2. The summed E-state index contributed by atoms with van der Waals surface area (Å²) in [5, 5.41) is 18.1. The van der Waals surface area contributed by atoms with Crippen molar-refractivity contribution in [3.05, 3.63) is 41.7 Å². The number of likely N-dealkylation sites (N-methyl/N-ethyl adjacent to an activating group) is 1. The highest BCUT2D eigenvalue weighted by molar-refractivity contribution is 5.98. The number of carbonyl (C=O) groups excluding carboxylic acids is 1. The molecule has 2 aliphatic heterocycles. The van der Waals surface area contributed by atoms with Crippen molar-refractivity contribution in [1.29, 1.82) is 0 Å². The monoisotopic (exact) mass is 386 g/mol. The molecule has 2 unspecified atom stereocenters. The number of nitrogens with one attached hydrogen (secondary N) is 1. The lowest BCUT2D eigenvalue weighted by Crippen LogP contribution is -2.48. The van der Waals surface area contributed by atoms with Crippen molar-refractivity contribution < 1.29 is 19.4 Å². The van der Waals surface area contributed by atoms with Gasteiger partial charge >= 0.3 is 0 Å². The van der Waals surface area contributed by atoms with Crippen LogP contribution in [0.3, 0.4) is 0 Å². The van der Waals surface area contributed by atoms with Gasteiger partial charge in [-0.3, -0.25) is 14.8 Å². The van der Waals surface area contributed by atoms with Gasteiger partial charge in [0, 0.05) is 19.3 Å². The van der Waals surface area contributed by atoms with E-state index in [9.17, 15) is 9.90 Å². The van der Waals surface area contributed by atoms with Gasteiger partial charge in [0.25, 0.3) is 0 Å². The highest BCUT2D eigenvalue weighted by Crippen LogP contribution is 2.30. The number of amides is 1. The number of rotatable bonds is 5. The van der Waals surface area contributed by atoms with E-state index in [2.05, 4.69) is 10.4 Å². The summed E-state index contributed by atoms with van der Waals surface area (Å²) >= 11 is 0. The molecule has 1 fully saturated rings. The molecular formula is C20H26N4O4. The van der Waals surface area contributed by atoms with E-state index in [1.165, 1.54) is 0 Å². The van der Waals surface area contributed by atoms with Crippen molar-refractivity contribution in [3.8, 4) is 5.75 Å². The molecule has 3 heterocycles. The number of aliphatic hydroxyl groups is 1. The summed E-state index contributed by atoms with van der Waals surface area (Å²) in [6.45, 7) is 3.54. The number of hydrogen-bond donors (Lipinski definition) is 2. The predicted molar refractivity (Wildman–Crippen MR) is 103 cm³/mol. The first-order valence-electron chi connectivity index (χ1n) is 9.62. The van der Waals surface area contributed by atoms with Gasteiger partial charge < -0.3 is 19.5 Å². The molecule has 2 aromatic rings. The molecule has 8 heteroatoms. The van der Waals surface area contributed by atoms with Crippen molar-refractivity contribution in [2.75, 3.05) is 25.2 Å². The van der Waals surface area contributed by atoms with E-state index in [4.69, 9.17) is 9.47 Å². The normalized spacial score (nSPS) is 23.2. The number of benzene rings is 1. The molecule has 0 radical (unpaired) electrons. The number of nitrogens with zero attached hydrogens (tertiary/aromatic N) is 3. The smallest absolute Gasteiger partial charge is 0.247 e. The van der Waals surface area contributed by atoms with Crippen molar-refractivity contribution in [3.63, 3.8) is 0 Å². The number of anilines is 1. The molecule has 150 valence electrons. The maximum atomic E-state index is 12.8. The van der Waals surface area contributed by atoms with Crippen LogP contribution in [0.4, 0.5) is 5.69 Å². The average molecular weight is 386 g/mol. The zero-order valence-corrected chi connectivity index (χ0v) is 16.2. The third kappa shape index (κ3) is 3.76. The zero-order chi connectivity index (χ0) is 19.7. The maximum absolute atomic E-state index is 12.8. The van der Waals surface area contributed by atoms with E-state index in [1.807, 2.05) is 41.9 Å². The fourth-order valence-electron chi connectivity index (χ4n) is 3.68. The second-order valence-corrected chi connectivity index (χ2v) is 7.33. The van der Waals surface area contributed by atoms with Crippen LogP contribution in [0.15, 0.2) is 30.3 Å². The SMILES string of the molecule is Cc1cc(C(O)N[C@H]2COc3ccccc3N(C)C2=O)nn1CC1CCCO1. The number of ether oxygens (including phenoxy) is 2. The number of para-hydroxylation sites is 2. The van der Waals surface area contributed by atoms with Crippen LogP contribution in [0.1, 0.15) is 30.5 Å². The molecule has 1 saturated heterocycles. The Kier molecular flexibility index (Phi) is 5.34. The number of aryl methyl sites for hydroxylation is 1. The highest BCUT2D eigenvalue weighted by Gasteiger charge is 2.31. The Hall–Kier alpha value is -2.42. The third-order valence-corrected chi connectivity index (χ3v) is 5.30. The summed E-state index contributed by atoms with van der Waals surface area (Å²) in [5.41, 5.74) is 2.13. The predicted octanol–water partition coefficient (Wildman–Crippen LogP) is 1.38. The van der Waals surface area contributed by atoms with E-state index >= 15 is 0 Å². The van der Waals surface area contributed by atoms with E-state index in [0.29, 0.717) is 23.7 Å². The lowest BCUT2D eigenvalue weighted by Gasteiger charge is -2.22. The van der Waals surface area contributed by atoms with Gasteiger partial charge in [-0.2, -0.15) is 5.10 Å². The molecule has 0 spiro atoms. The summed E-state index contributed by atoms with van der Waals surface area (Å²) in [6.07, 6.45) is 1.19. The van der Waals surface area contributed by atoms with Crippen LogP contribution >= 0.6 is 0 Å². The van der Waals surface area contributed by atoms with E-state index < -0.39 is 12.3 Å². The summed E-state index contributed by atoms with van der Waals surface area (Å²) in [7, 11) is 1.71. The Labute approximate surface area is 164 Å². The Balaban J connectivity index is 1.45. The van der Waals surface area contributed by atoms with Crippen LogP contribution in [0.5, 0.6) is 5.75 Å². The van der Waals surface area contributed by atoms with Crippen LogP contribution in [0.25, 0.3) is 0 Å².